The zero-order valence-electron chi connectivity index (χ0n) is 32.1. The van der Waals surface area contributed by atoms with Crippen LogP contribution in [0.1, 0.15) is 51.8 Å². The molecule has 0 spiro atoms. The smallest absolute Gasteiger partial charge is 0.159 e. The topological polar surface area (TPSA) is 19.6 Å². The van der Waals surface area contributed by atoms with Crippen molar-refractivity contribution < 1.29 is 4.42 Å². The number of allylic oxidation sites excluding steroid dienone is 7. The van der Waals surface area contributed by atoms with E-state index in [1.165, 1.54) is 54.2 Å². The maximum atomic E-state index is 6.72. The Bertz CT molecular complexity index is 3000. The normalized spacial score (nSPS) is 23.0. The first-order chi connectivity index (χ1) is 28.7. The van der Waals surface area contributed by atoms with Crippen LogP contribution in [0.2, 0.25) is 0 Å². The number of hydrogen-bond acceptors (Lipinski definition) is 4. The summed E-state index contributed by atoms with van der Waals surface area (Å²) >= 11 is 1.93. The second-order valence-electron chi connectivity index (χ2n) is 16.2. The summed E-state index contributed by atoms with van der Waals surface area (Å²) in [6.45, 7) is 0. The minimum atomic E-state index is 0.124. The summed E-state index contributed by atoms with van der Waals surface area (Å²) in [5, 5.41) is 3.66. The van der Waals surface area contributed by atoms with Crippen molar-refractivity contribution in [1.82, 2.24) is 0 Å². The van der Waals surface area contributed by atoms with Crippen molar-refractivity contribution in [3.8, 4) is 0 Å². The Labute approximate surface area is 343 Å². The molecule has 0 saturated heterocycles. The Morgan fingerprint density at radius 3 is 2.50 bits per heavy atom. The molecule has 5 atom stereocenters. The second-order valence-corrected chi connectivity index (χ2v) is 17.4. The first-order valence-corrected chi connectivity index (χ1v) is 21.5. The number of thiophene rings is 1. The summed E-state index contributed by atoms with van der Waals surface area (Å²) in [5.74, 6) is 0.591. The Morgan fingerprint density at radius 2 is 1.55 bits per heavy atom. The van der Waals surface area contributed by atoms with Crippen molar-refractivity contribution in [2.24, 2.45) is 0 Å². The van der Waals surface area contributed by atoms with E-state index in [2.05, 4.69) is 198 Å². The average molecular weight is 767 g/mol. The molecule has 0 bridgehead atoms. The first kappa shape index (κ1) is 33.7. The summed E-state index contributed by atoms with van der Waals surface area (Å²) in [7, 11) is 0. The molecule has 0 N–H and O–H groups in total. The average Bonchev–Trinajstić information content (AvgIpc) is 3.96. The van der Waals surface area contributed by atoms with Gasteiger partial charge in [-0.25, -0.2) is 0 Å². The van der Waals surface area contributed by atoms with Gasteiger partial charge in [-0.15, -0.1) is 11.3 Å². The fraction of sp³-hybridized carbons (Fsp3) is 0.148. The molecule has 7 aromatic rings. The molecule has 12 rings (SSSR count). The predicted octanol–water partition coefficient (Wildman–Crippen LogP) is 13.7. The van der Waals surface area contributed by atoms with Gasteiger partial charge >= 0.3 is 0 Å². The third-order valence-electron chi connectivity index (χ3n) is 13.0. The number of nitrogens with zero attached hydrogens (tertiary/aromatic N) is 2. The maximum Gasteiger partial charge on any atom is 0.159 e. The molecule has 0 fully saturated rings. The van der Waals surface area contributed by atoms with E-state index in [9.17, 15) is 0 Å². The molecule has 0 amide bonds. The van der Waals surface area contributed by atoms with E-state index in [0.29, 0.717) is 12.0 Å². The molecular weight excluding hydrogens is 725 g/mol. The van der Waals surface area contributed by atoms with Crippen molar-refractivity contribution in [2.45, 2.75) is 49.2 Å². The standard InChI is InChI=1S/C54H42N2OS/c1-2-16-39(17-3-1)56-48-23-7-4-19-42(48)43-29-27-38(33-50(43)56)36-14-10-13-35(31-36)37-15-11-18-40(32-37)55(41-28-30-46-45-21-6-9-26-52(45)58-53(46)34-41)49-24-12-22-47-44-20-5-8-25-51(44)57-54(47)49/h1-14,16,18-33,37,39,41,43,50H,15,17,34H2. The number of furan rings is 1. The van der Waals surface area contributed by atoms with Gasteiger partial charge in [-0.2, -0.15) is 0 Å². The van der Waals surface area contributed by atoms with Gasteiger partial charge in [0.15, 0.2) is 5.58 Å². The Morgan fingerprint density at radius 1 is 0.690 bits per heavy atom. The molecule has 4 heteroatoms. The predicted molar refractivity (Wildman–Crippen MR) is 245 cm³/mol. The number of fused-ring (bicyclic) bond motifs is 9. The van der Waals surface area contributed by atoms with Crippen LogP contribution in [0.5, 0.6) is 0 Å². The molecular formula is C54H42N2OS. The van der Waals surface area contributed by atoms with E-state index < -0.39 is 0 Å². The molecule has 5 aromatic carbocycles. The summed E-state index contributed by atoms with van der Waals surface area (Å²) < 4.78 is 8.07. The lowest BCUT2D eigenvalue weighted by Gasteiger charge is -2.36. The lowest BCUT2D eigenvalue weighted by Crippen LogP contribution is -2.41. The Hall–Kier alpha value is -6.36. The van der Waals surface area contributed by atoms with Gasteiger partial charge in [0.2, 0.25) is 0 Å². The van der Waals surface area contributed by atoms with Crippen LogP contribution in [0, 0.1) is 0 Å². The highest BCUT2D eigenvalue weighted by Gasteiger charge is 2.40. The third-order valence-corrected chi connectivity index (χ3v) is 14.2. The van der Waals surface area contributed by atoms with Crippen LogP contribution in [0.3, 0.4) is 0 Å². The van der Waals surface area contributed by atoms with Crippen LogP contribution in [0.4, 0.5) is 11.4 Å². The molecule has 280 valence electrons. The third kappa shape index (κ3) is 5.46. The van der Waals surface area contributed by atoms with E-state index in [0.717, 1.165) is 46.9 Å². The number of para-hydroxylation sites is 3. The number of hydrogen-bond donors (Lipinski definition) is 0. The molecule has 2 aromatic heterocycles. The number of benzene rings is 5. The minimum Gasteiger partial charge on any atom is -0.454 e. The van der Waals surface area contributed by atoms with Crippen LogP contribution >= 0.6 is 11.3 Å². The molecule has 0 radical (unpaired) electrons. The van der Waals surface area contributed by atoms with Gasteiger partial charge in [-0.05, 0) is 76.4 Å². The summed E-state index contributed by atoms with van der Waals surface area (Å²) in [6, 6.07) is 43.0. The highest BCUT2D eigenvalue weighted by Crippen LogP contribution is 2.48. The number of rotatable bonds is 6. The lowest BCUT2D eigenvalue weighted by atomic mass is 9.84. The van der Waals surface area contributed by atoms with Crippen LogP contribution < -0.4 is 9.80 Å². The monoisotopic (exact) mass is 766 g/mol. The van der Waals surface area contributed by atoms with E-state index in [1.807, 2.05) is 11.3 Å². The van der Waals surface area contributed by atoms with Crippen molar-refractivity contribution >= 4 is 66.4 Å². The van der Waals surface area contributed by atoms with Crippen LogP contribution in [-0.4, -0.2) is 18.1 Å². The van der Waals surface area contributed by atoms with E-state index in [1.54, 1.807) is 0 Å². The van der Waals surface area contributed by atoms with Gasteiger partial charge in [0, 0.05) is 50.0 Å². The van der Waals surface area contributed by atoms with Gasteiger partial charge in [0.25, 0.3) is 0 Å². The van der Waals surface area contributed by atoms with Gasteiger partial charge in [0.1, 0.15) is 5.58 Å². The van der Waals surface area contributed by atoms with Crippen molar-refractivity contribution in [1.29, 1.82) is 0 Å². The fourth-order valence-electron chi connectivity index (χ4n) is 10.3. The van der Waals surface area contributed by atoms with E-state index >= 15 is 0 Å². The highest BCUT2D eigenvalue weighted by atomic mass is 32.1. The molecule has 5 unspecified atom stereocenters. The zero-order chi connectivity index (χ0) is 38.2. The van der Waals surface area contributed by atoms with Crippen LogP contribution in [-0.2, 0) is 6.42 Å². The summed E-state index contributed by atoms with van der Waals surface area (Å²) in [4.78, 5) is 6.65. The van der Waals surface area contributed by atoms with Crippen molar-refractivity contribution in [2.75, 3.05) is 9.80 Å². The molecule has 5 aliphatic rings. The Kier molecular flexibility index (Phi) is 7.94. The fourth-order valence-corrected chi connectivity index (χ4v) is 11.5. The van der Waals surface area contributed by atoms with Crippen molar-refractivity contribution in [3.63, 3.8) is 0 Å². The van der Waals surface area contributed by atoms with Crippen molar-refractivity contribution in [3.05, 3.63) is 215 Å². The van der Waals surface area contributed by atoms with Gasteiger partial charge in [0.05, 0.1) is 23.8 Å². The first-order valence-electron chi connectivity index (χ1n) is 20.7. The SMILES string of the molecule is C1=CCC(N2c3ccccc3C3C=CC(c4cccc(C5C=C(N(c6cccc7c6oc6ccccc67)C6C=Cc7c(sc8ccccc78)C6)C=CC5)c4)=CC32)C=C1. The van der Waals surface area contributed by atoms with Gasteiger partial charge < -0.3 is 14.2 Å². The van der Waals surface area contributed by atoms with Crippen LogP contribution in [0.25, 0.3) is 43.7 Å². The quantitative estimate of drug-likeness (QED) is 0.168. The van der Waals surface area contributed by atoms with Gasteiger partial charge in [-0.3, -0.25) is 0 Å². The zero-order valence-corrected chi connectivity index (χ0v) is 32.9. The molecule has 3 nitrogen and oxygen atoms in total. The molecule has 3 heterocycles. The largest absolute Gasteiger partial charge is 0.454 e. The number of anilines is 2. The summed E-state index contributed by atoms with van der Waals surface area (Å²) in [6.07, 6.45) is 31.3. The molecule has 0 saturated carbocycles. The highest BCUT2D eigenvalue weighted by molar-refractivity contribution is 7.19. The Balaban J connectivity index is 0.920. The maximum absolute atomic E-state index is 6.72. The second kappa shape index (κ2) is 13.6. The van der Waals surface area contributed by atoms with Gasteiger partial charge in [-0.1, -0.05) is 158 Å². The molecule has 58 heavy (non-hydrogen) atoms. The minimum absolute atomic E-state index is 0.124. The van der Waals surface area contributed by atoms with E-state index in [-0.39, 0.29) is 18.0 Å². The summed E-state index contributed by atoms with van der Waals surface area (Å²) in [5.41, 5.74) is 12.3. The van der Waals surface area contributed by atoms with Crippen LogP contribution in [0.15, 0.2) is 192 Å². The molecule has 1 aliphatic heterocycles. The van der Waals surface area contributed by atoms with E-state index in [4.69, 9.17) is 4.42 Å². The lowest BCUT2D eigenvalue weighted by molar-refractivity contribution is 0.615. The molecule has 4 aliphatic carbocycles.